The number of hydrogen-bond acceptors (Lipinski definition) is 3. The van der Waals surface area contributed by atoms with Crippen LogP contribution in [0.25, 0.3) is 22.1 Å². The summed E-state index contributed by atoms with van der Waals surface area (Å²) in [6, 6.07) is 1.56. The van der Waals surface area contributed by atoms with Crippen molar-refractivity contribution in [2.24, 2.45) is 0 Å². The van der Waals surface area contributed by atoms with Crippen molar-refractivity contribution in [2.75, 3.05) is 0 Å². The lowest BCUT2D eigenvalue weighted by molar-refractivity contribution is 1.18. The van der Waals surface area contributed by atoms with Crippen LogP contribution in [0.2, 0.25) is 0 Å². The minimum atomic E-state index is -0.132. The molecule has 0 amide bonds. The van der Waals surface area contributed by atoms with Gasteiger partial charge in [-0.05, 0) is 12.5 Å². The lowest BCUT2D eigenvalue weighted by Gasteiger charge is -1.91. The fraction of sp³-hybridized carbons (Fsp3) is 0.100. The molecule has 0 spiro atoms. The largest absolute Gasteiger partial charge is 0.332 e. The van der Waals surface area contributed by atoms with E-state index in [9.17, 15) is 4.79 Å². The van der Waals surface area contributed by atoms with Crippen LogP contribution < -0.4 is 5.56 Å². The number of nitrogens with zero attached hydrogens (tertiary/aromatic N) is 2. The van der Waals surface area contributed by atoms with Gasteiger partial charge in [0.05, 0.1) is 11.7 Å². The molecule has 0 bridgehead atoms. The summed E-state index contributed by atoms with van der Waals surface area (Å²) < 4.78 is 0. The van der Waals surface area contributed by atoms with E-state index in [-0.39, 0.29) is 5.56 Å². The normalized spacial score (nSPS) is 11.3. The Morgan fingerprint density at radius 3 is 3.07 bits per heavy atom. The molecule has 0 aliphatic rings. The molecule has 0 unspecified atom stereocenters. The monoisotopic (exact) mass is 200 g/mol. The zero-order valence-corrected chi connectivity index (χ0v) is 8.03. The molecule has 3 heterocycles. The highest BCUT2D eigenvalue weighted by Gasteiger charge is 2.07. The van der Waals surface area contributed by atoms with Crippen molar-refractivity contribution >= 4 is 22.1 Å². The molecule has 3 aromatic heterocycles. The van der Waals surface area contributed by atoms with Gasteiger partial charge in [-0.1, -0.05) is 0 Å². The van der Waals surface area contributed by atoms with Gasteiger partial charge >= 0.3 is 0 Å². The summed E-state index contributed by atoms with van der Waals surface area (Å²) in [4.78, 5) is 25.4. The van der Waals surface area contributed by atoms with E-state index >= 15 is 0 Å². The Bertz CT molecular complexity index is 710. The van der Waals surface area contributed by atoms with E-state index in [0.717, 1.165) is 16.3 Å². The maximum absolute atomic E-state index is 11.5. The molecule has 3 aromatic rings. The molecular weight excluding hydrogens is 192 g/mol. The van der Waals surface area contributed by atoms with Crippen molar-refractivity contribution in [3.05, 3.63) is 34.5 Å². The third-order valence-electron chi connectivity index (χ3n) is 2.48. The van der Waals surface area contributed by atoms with E-state index in [1.165, 1.54) is 6.33 Å². The van der Waals surface area contributed by atoms with Crippen LogP contribution in [0.15, 0.2) is 23.4 Å². The smallest absolute Gasteiger partial charge is 0.249 e. The number of aromatic nitrogens is 4. The number of H-pyrrole nitrogens is 2. The quantitative estimate of drug-likeness (QED) is 0.570. The number of rotatable bonds is 0. The van der Waals surface area contributed by atoms with E-state index in [0.29, 0.717) is 11.3 Å². The van der Waals surface area contributed by atoms with Gasteiger partial charge in [-0.3, -0.25) is 4.79 Å². The predicted octanol–water partition coefficient (Wildman–Crippen LogP) is 1.11. The Morgan fingerprint density at radius 1 is 1.33 bits per heavy atom. The zero-order chi connectivity index (χ0) is 10.4. The molecule has 2 N–H and O–H groups in total. The number of aromatic amines is 2. The summed E-state index contributed by atoms with van der Waals surface area (Å²) in [5, 5.41) is 1.82. The minimum absolute atomic E-state index is 0.132. The van der Waals surface area contributed by atoms with Crippen molar-refractivity contribution in [1.82, 2.24) is 19.9 Å². The van der Waals surface area contributed by atoms with E-state index in [4.69, 9.17) is 0 Å². The van der Waals surface area contributed by atoms with Gasteiger partial charge in [-0.25, -0.2) is 9.97 Å². The molecule has 0 aromatic carbocycles. The second kappa shape index (κ2) is 2.66. The minimum Gasteiger partial charge on any atom is -0.332 e. The van der Waals surface area contributed by atoms with Crippen LogP contribution in [0.4, 0.5) is 0 Å². The van der Waals surface area contributed by atoms with Gasteiger partial charge in [0.2, 0.25) is 5.56 Å². The first-order valence-corrected chi connectivity index (χ1v) is 4.57. The van der Waals surface area contributed by atoms with Crippen LogP contribution in [0.5, 0.6) is 0 Å². The van der Waals surface area contributed by atoms with E-state index < -0.39 is 0 Å². The lowest BCUT2D eigenvalue weighted by atomic mass is 10.2. The van der Waals surface area contributed by atoms with Crippen LogP contribution in [-0.4, -0.2) is 19.9 Å². The molecule has 74 valence electrons. The highest BCUT2D eigenvalue weighted by molar-refractivity contribution is 6.04. The molecule has 0 aliphatic carbocycles. The maximum Gasteiger partial charge on any atom is 0.249 e. The van der Waals surface area contributed by atoms with Crippen LogP contribution in [-0.2, 0) is 0 Å². The van der Waals surface area contributed by atoms with Crippen LogP contribution in [0.1, 0.15) is 5.56 Å². The highest BCUT2D eigenvalue weighted by atomic mass is 16.1. The molecule has 5 nitrogen and oxygen atoms in total. The zero-order valence-electron chi connectivity index (χ0n) is 8.03. The molecule has 0 aliphatic heterocycles. The number of hydrogen-bond donors (Lipinski definition) is 2. The SMILES string of the molecule is Cc1cc(=O)[nH]c2[nH]cnc3ncc1c32. The van der Waals surface area contributed by atoms with E-state index in [1.54, 1.807) is 12.3 Å². The summed E-state index contributed by atoms with van der Waals surface area (Å²) in [6.45, 7) is 1.89. The summed E-state index contributed by atoms with van der Waals surface area (Å²) in [7, 11) is 0. The molecule has 0 radical (unpaired) electrons. The number of nitrogens with one attached hydrogen (secondary N) is 2. The van der Waals surface area contributed by atoms with Crippen molar-refractivity contribution in [2.45, 2.75) is 6.92 Å². The summed E-state index contributed by atoms with van der Waals surface area (Å²) in [5.74, 6) is 0. The summed E-state index contributed by atoms with van der Waals surface area (Å²) in [6.07, 6.45) is 3.26. The molecule has 0 saturated carbocycles. The second-order valence-corrected chi connectivity index (χ2v) is 3.46. The number of aryl methyl sites for hydroxylation is 1. The second-order valence-electron chi connectivity index (χ2n) is 3.46. The van der Waals surface area contributed by atoms with Crippen molar-refractivity contribution in [3.63, 3.8) is 0 Å². The first kappa shape index (κ1) is 8.16. The highest BCUT2D eigenvalue weighted by Crippen LogP contribution is 2.21. The van der Waals surface area contributed by atoms with Gasteiger partial charge in [0.25, 0.3) is 0 Å². The standard InChI is InChI=1S/C10H8N4O/c1-5-2-7(15)14-10-8-6(5)3-11-9(8)12-4-13-10/h2-4H,1H3,(H2,11,12,13,14,15). The predicted molar refractivity (Wildman–Crippen MR) is 56.8 cm³/mol. The topological polar surface area (TPSA) is 74.4 Å². The average molecular weight is 200 g/mol. The Hall–Kier alpha value is -2.17. The van der Waals surface area contributed by atoms with Gasteiger partial charge in [0, 0.05) is 17.6 Å². The fourth-order valence-corrected chi connectivity index (χ4v) is 1.78. The van der Waals surface area contributed by atoms with Crippen LogP contribution in [0.3, 0.4) is 0 Å². The van der Waals surface area contributed by atoms with Crippen LogP contribution >= 0.6 is 0 Å². The molecule has 3 rings (SSSR count). The van der Waals surface area contributed by atoms with Gasteiger partial charge in [0.15, 0.2) is 5.65 Å². The van der Waals surface area contributed by atoms with Gasteiger partial charge in [0.1, 0.15) is 5.65 Å². The Balaban J connectivity index is 2.78. The first-order chi connectivity index (χ1) is 7.25. The Kier molecular flexibility index (Phi) is 1.45. The average Bonchev–Trinajstić information content (AvgIpc) is 2.56. The summed E-state index contributed by atoms with van der Waals surface area (Å²) in [5.41, 5.74) is 2.07. The van der Waals surface area contributed by atoms with Gasteiger partial charge in [-0.15, -0.1) is 0 Å². The van der Waals surface area contributed by atoms with Crippen molar-refractivity contribution < 1.29 is 0 Å². The molecule has 0 atom stereocenters. The van der Waals surface area contributed by atoms with Crippen LogP contribution in [0, 0.1) is 6.92 Å². The van der Waals surface area contributed by atoms with Crippen molar-refractivity contribution in [3.8, 4) is 0 Å². The molecule has 5 heteroatoms. The third-order valence-corrected chi connectivity index (χ3v) is 2.48. The molecule has 0 fully saturated rings. The molecule has 0 saturated heterocycles. The summed E-state index contributed by atoms with van der Waals surface area (Å²) >= 11 is 0. The Labute approximate surface area is 84.2 Å². The van der Waals surface area contributed by atoms with Gasteiger partial charge in [-0.2, -0.15) is 0 Å². The third kappa shape index (κ3) is 1.06. The fourth-order valence-electron chi connectivity index (χ4n) is 1.78. The lowest BCUT2D eigenvalue weighted by Crippen LogP contribution is -2.00. The van der Waals surface area contributed by atoms with Crippen molar-refractivity contribution in [1.29, 1.82) is 0 Å². The molecule has 15 heavy (non-hydrogen) atoms. The first-order valence-electron chi connectivity index (χ1n) is 4.57. The maximum atomic E-state index is 11.5. The van der Waals surface area contributed by atoms with E-state index in [1.807, 2.05) is 6.92 Å². The molecular formula is C10H8N4O. The Morgan fingerprint density at radius 2 is 2.20 bits per heavy atom. The van der Waals surface area contributed by atoms with E-state index in [2.05, 4.69) is 19.9 Å². The van der Waals surface area contributed by atoms with Gasteiger partial charge < -0.3 is 9.97 Å².